The third-order valence-corrected chi connectivity index (χ3v) is 2.94. The predicted molar refractivity (Wildman–Crippen MR) is 71.4 cm³/mol. The maximum atomic E-state index is 10.8. The summed E-state index contributed by atoms with van der Waals surface area (Å²) in [5, 5.41) is 0.828. The van der Waals surface area contributed by atoms with Crippen molar-refractivity contribution in [1.29, 1.82) is 0 Å². The van der Waals surface area contributed by atoms with E-state index in [1.54, 1.807) is 25.4 Å². The normalized spacial score (nSPS) is 10.6. The monoisotopic (exact) mass is 253 g/mol. The molecule has 4 nitrogen and oxygen atoms in total. The van der Waals surface area contributed by atoms with Crippen molar-refractivity contribution in [3.63, 3.8) is 0 Å². The number of carbonyl (C=O) groups excluding carboxylic acids is 1. The zero-order valence-corrected chi connectivity index (χ0v) is 10.3. The lowest BCUT2D eigenvalue weighted by atomic mass is 10.1. The van der Waals surface area contributed by atoms with Gasteiger partial charge in [0.1, 0.15) is 11.3 Å². The molecule has 0 radical (unpaired) electrons. The lowest BCUT2D eigenvalue weighted by molar-refractivity contribution is 0.110. The second-order valence-electron chi connectivity index (χ2n) is 4.07. The Hall–Kier alpha value is -2.62. The molecule has 0 aliphatic rings. The van der Waals surface area contributed by atoms with Gasteiger partial charge in [0, 0.05) is 17.1 Å². The first-order chi connectivity index (χ1) is 9.31. The van der Waals surface area contributed by atoms with E-state index in [2.05, 4.69) is 4.98 Å². The average molecular weight is 253 g/mol. The highest BCUT2D eigenvalue weighted by Crippen LogP contribution is 2.29. The average Bonchev–Trinajstić information content (AvgIpc) is 2.90. The molecule has 0 bridgehead atoms. The third kappa shape index (κ3) is 1.97. The minimum atomic E-state index is 0.303. The summed E-state index contributed by atoms with van der Waals surface area (Å²) in [6.45, 7) is 0. The summed E-state index contributed by atoms with van der Waals surface area (Å²) < 4.78 is 10.5. The molecule has 0 saturated carbocycles. The SMILES string of the molecule is COc1ccc(-c2nccc3oc(C=O)cc23)cc1. The van der Waals surface area contributed by atoms with Crippen LogP contribution < -0.4 is 4.74 Å². The van der Waals surface area contributed by atoms with E-state index in [1.807, 2.05) is 24.3 Å². The number of pyridine rings is 1. The molecule has 3 rings (SSSR count). The van der Waals surface area contributed by atoms with Crippen LogP contribution in [0.25, 0.3) is 22.2 Å². The van der Waals surface area contributed by atoms with E-state index >= 15 is 0 Å². The molecule has 0 N–H and O–H groups in total. The first-order valence-corrected chi connectivity index (χ1v) is 5.80. The number of ether oxygens (including phenoxy) is 1. The van der Waals surface area contributed by atoms with Gasteiger partial charge in [-0.2, -0.15) is 0 Å². The largest absolute Gasteiger partial charge is 0.497 e. The quantitative estimate of drug-likeness (QED) is 0.672. The van der Waals surface area contributed by atoms with Gasteiger partial charge in [0.2, 0.25) is 0 Å². The number of methoxy groups -OCH3 is 1. The van der Waals surface area contributed by atoms with Gasteiger partial charge in [-0.3, -0.25) is 9.78 Å². The maximum absolute atomic E-state index is 10.8. The van der Waals surface area contributed by atoms with Crippen molar-refractivity contribution < 1.29 is 13.9 Å². The molecule has 0 atom stereocenters. The number of furan rings is 1. The molecule has 0 spiro atoms. The number of carbonyl (C=O) groups is 1. The Morgan fingerprint density at radius 2 is 2.00 bits per heavy atom. The van der Waals surface area contributed by atoms with Crippen molar-refractivity contribution in [3.8, 4) is 17.0 Å². The van der Waals surface area contributed by atoms with Crippen molar-refractivity contribution in [2.24, 2.45) is 0 Å². The fourth-order valence-corrected chi connectivity index (χ4v) is 2.02. The zero-order valence-electron chi connectivity index (χ0n) is 10.3. The minimum absolute atomic E-state index is 0.303. The third-order valence-electron chi connectivity index (χ3n) is 2.94. The Kier molecular flexibility index (Phi) is 2.76. The molecule has 4 heteroatoms. The second kappa shape index (κ2) is 4.57. The number of aldehydes is 1. The molecule has 0 aliphatic carbocycles. The molecule has 1 aromatic carbocycles. The number of nitrogens with zero attached hydrogens (tertiary/aromatic N) is 1. The molecule has 2 heterocycles. The van der Waals surface area contributed by atoms with Gasteiger partial charge in [0.25, 0.3) is 0 Å². The Labute approximate surface area is 109 Å². The van der Waals surface area contributed by atoms with Crippen molar-refractivity contribution in [3.05, 3.63) is 48.4 Å². The Morgan fingerprint density at radius 3 is 2.68 bits per heavy atom. The van der Waals surface area contributed by atoms with Crippen LogP contribution in [-0.4, -0.2) is 18.4 Å². The van der Waals surface area contributed by atoms with Gasteiger partial charge < -0.3 is 9.15 Å². The van der Waals surface area contributed by atoms with Crippen molar-refractivity contribution in [2.45, 2.75) is 0 Å². The van der Waals surface area contributed by atoms with Crippen LogP contribution in [0.4, 0.5) is 0 Å². The van der Waals surface area contributed by atoms with Crippen molar-refractivity contribution in [1.82, 2.24) is 4.98 Å². The number of fused-ring (bicyclic) bond motifs is 1. The molecule has 94 valence electrons. The van der Waals surface area contributed by atoms with Gasteiger partial charge in [0.05, 0.1) is 12.8 Å². The van der Waals surface area contributed by atoms with Gasteiger partial charge in [-0.25, -0.2) is 0 Å². The summed E-state index contributed by atoms with van der Waals surface area (Å²) in [7, 11) is 1.63. The summed E-state index contributed by atoms with van der Waals surface area (Å²) in [5.41, 5.74) is 2.39. The summed E-state index contributed by atoms with van der Waals surface area (Å²) >= 11 is 0. The van der Waals surface area contributed by atoms with Crippen LogP contribution in [0.3, 0.4) is 0 Å². The van der Waals surface area contributed by atoms with Crippen LogP contribution in [-0.2, 0) is 0 Å². The predicted octanol–water partition coefficient (Wildman–Crippen LogP) is 3.32. The summed E-state index contributed by atoms with van der Waals surface area (Å²) in [4.78, 5) is 15.1. The van der Waals surface area contributed by atoms with Crippen LogP contribution in [0.15, 0.2) is 47.0 Å². The van der Waals surface area contributed by atoms with Gasteiger partial charge in [-0.1, -0.05) is 0 Å². The first kappa shape index (κ1) is 11.5. The first-order valence-electron chi connectivity index (χ1n) is 5.80. The summed E-state index contributed by atoms with van der Waals surface area (Å²) in [6, 6.07) is 11.0. The van der Waals surface area contributed by atoms with E-state index in [0.29, 0.717) is 17.6 Å². The summed E-state index contributed by atoms with van der Waals surface area (Å²) in [6.07, 6.45) is 2.36. The van der Waals surface area contributed by atoms with E-state index in [4.69, 9.17) is 9.15 Å². The molecule has 0 fully saturated rings. The highest BCUT2D eigenvalue weighted by Gasteiger charge is 2.10. The van der Waals surface area contributed by atoms with E-state index in [9.17, 15) is 4.79 Å². The fraction of sp³-hybridized carbons (Fsp3) is 0.0667. The molecule has 0 unspecified atom stereocenters. The lowest BCUT2D eigenvalue weighted by Gasteiger charge is -2.03. The number of aromatic nitrogens is 1. The maximum Gasteiger partial charge on any atom is 0.185 e. The Bertz CT molecular complexity index is 729. The van der Waals surface area contributed by atoms with E-state index < -0.39 is 0 Å². The van der Waals surface area contributed by atoms with Crippen molar-refractivity contribution in [2.75, 3.05) is 7.11 Å². The molecular weight excluding hydrogens is 242 g/mol. The van der Waals surface area contributed by atoms with Crippen LogP contribution in [0, 0.1) is 0 Å². The highest BCUT2D eigenvalue weighted by atomic mass is 16.5. The Balaban J connectivity index is 2.17. The lowest BCUT2D eigenvalue weighted by Crippen LogP contribution is -1.85. The van der Waals surface area contributed by atoms with Gasteiger partial charge in [-0.15, -0.1) is 0 Å². The number of benzene rings is 1. The van der Waals surface area contributed by atoms with E-state index in [-0.39, 0.29) is 0 Å². The number of rotatable bonds is 3. The van der Waals surface area contributed by atoms with Gasteiger partial charge >= 0.3 is 0 Å². The minimum Gasteiger partial charge on any atom is -0.497 e. The van der Waals surface area contributed by atoms with Gasteiger partial charge in [0.15, 0.2) is 12.0 Å². The van der Waals surface area contributed by atoms with E-state index in [1.165, 1.54) is 0 Å². The highest BCUT2D eigenvalue weighted by molar-refractivity contribution is 5.94. The topological polar surface area (TPSA) is 52.3 Å². The molecule has 2 aromatic heterocycles. The smallest absolute Gasteiger partial charge is 0.185 e. The van der Waals surface area contributed by atoms with Crippen LogP contribution in [0.2, 0.25) is 0 Å². The summed E-state index contributed by atoms with van der Waals surface area (Å²) in [5.74, 6) is 1.09. The standard InChI is InChI=1S/C15H11NO3/c1-18-11-4-2-10(3-5-11)15-13-8-12(9-17)19-14(13)6-7-16-15/h2-9H,1H3. The zero-order chi connectivity index (χ0) is 13.2. The fourth-order valence-electron chi connectivity index (χ4n) is 2.02. The molecule has 3 aromatic rings. The van der Waals surface area contributed by atoms with Gasteiger partial charge in [-0.05, 0) is 36.4 Å². The molecular formula is C15H11NO3. The molecule has 0 amide bonds. The van der Waals surface area contributed by atoms with Crippen LogP contribution >= 0.6 is 0 Å². The second-order valence-corrected chi connectivity index (χ2v) is 4.07. The van der Waals surface area contributed by atoms with Crippen LogP contribution in [0.1, 0.15) is 10.6 Å². The number of hydrogen-bond acceptors (Lipinski definition) is 4. The molecule has 19 heavy (non-hydrogen) atoms. The molecule has 0 saturated heterocycles. The Morgan fingerprint density at radius 1 is 1.21 bits per heavy atom. The number of hydrogen-bond donors (Lipinski definition) is 0. The molecule has 0 aliphatic heterocycles. The van der Waals surface area contributed by atoms with Crippen LogP contribution in [0.5, 0.6) is 5.75 Å². The van der Waals surface area contributed by atoms with E-state index in [0.717, 1.165) is 22.4 Å². The van der Waals surface area contributed by atoms with Crippen molar-refractivity contribution >= 4 is 17.3 Å².